The largest absolute Gasteiger partial charge is 0.508 e. The van der Waals surface area contributed by atoms with E-state index in [-0.39, 0.29) is 23.7 Å². The van der Waals surface area contributed by atoms with Gasteiger partial charge in [-0.15, -0.1) is 0 Å². The molecule has 4 rings (SSSR count). The molecule has 3 amide bonds. The summed E-state index contributed by atoms with van der Waals surface area (Å²) in [5, 5.41) is 12.6. The van der Waals surface area contributed by atoms with Crippen molar-refractivity contribution in [3.8, 4) is 5.75 Å². The lowest BCUT2D eigenvalue weighted by Gasteiger charge is -2.38. The minimum Gasteiger partial charge on any atom is -0.508 e. The van der Waals surface area contributed by atoms with Crippen molar-refractivity contribution in [1.29, 1.82) is 0 Å². The molecule has 2 aliphatic heterocycles. The van der Waals surface area contributed by atoms with Crippen molar-refractivity contribution in [2.24, 2.45) is 5.92 Å². The highest BCUT2D eigenvalue weighted by molar-refractivity contribution is 5.94. The fraction of sp³-hybridized carbons (Fsp3) is 0.667. The second-order valence-corrected chi connectivity index (χ2v) is 9.35. The Bertz CT molecular complexity index is 732. The first-order valence-electron chi connectivity index (χ1n) is 11.9. The summed E-state index contributed by atoms with van der Waals surface area (Å²) in [6, 6.07) is 6.58. The monoisotopic (exact) mass is 428 g/mol. The standard InChI is InChI=1S/C24H36N4O3/c29-22-8-6-20(7-9-22)23(30)27-14-16-28(17-15-27)24(31)25-21-10-12-26(13-11-21)18-19-4-2-1-3-5-19/h6-9,19,21,29H,1-5,10-18H2,(H,25,31). The first kappa shape index (κ1) is 21.9. The molecule has 31 heavy (non-hydrogen) atoms. The molecule has 1 aromatic rings. The number of phenolic OH excluding ortho intramolecular Hbond substituents is 1. The SMILES string of the molecule is O=C(NC1CCN(CC2CCCCC2)CC1)N1CCN(C(=O)c2ccc(O)cc2)CC1. The molecule has 3 fully saturated rings. The van der Waals surface area contributed by atoms with E-state index in [2.05, 4.69) is 10.2 Å². The van der Waals surface area contributed by atoms with Gasteiger partial charge in [0.25, 0.3) is 5.91 Å². The zero-order valence-electron chi connectivity index (χ0n) is 18.5. The zero-order valence-corrected chi connectivity index (χ0v) is 18.5. The average molecular weight is 429 g/mol. The predicted octanol–water partition coefficient (Wildman–Crippen LogP) is 2.90. The van der Waals surface area contributed by atoms with Crippen LogP contribution in [-0.4, -0.2) is 83.6 Å². The van der Waals surface area contributed by atoms with Gasteiger partial charge in [-0.2, -0.15) is 0 Å². The number of benzene rings is 1. The van der Waals surface area contributed by atoms with Crippen LogP contribution in [-0.2, 0) is 0 Å². The minimum atomic E-state index is -0.0506. The fourth-order valence-corrected chi connectivity index (χ4v) is 5.16. The molecule has 0 aromatic heterocycles. The first-order valence-corrected chi connectivity index (χ1v) is 11.9. The topological polar surface area (TPSA) is 76.1 Å². The van der Waals surface area contributed by atoms with Gasteiger partial charge in [0.1, 0.15) is 5.75 Å². The number of aromatic hydroxyl groups is 1. The second-order valence-electron chi connectivity index (χ2n) is 9.35. The maximum absolute atomic E-state index is 12.7. The molecule has 0 radical (unpaired) electrons. The third-order valence-corrected chi connectivity index (χ3v) is 7.12. The molecule has 0 spiro atoms. The lowest BCUT2D eigenvalue weighted by atomic mass is 9.88. The lowest BCUT2D eigenvalue weighted by Crippen LogP contribution is -2.55. The second kappa shape index (κ2) is 10.4. The van der Waals surface area contributed by atoms with E-state index in [1.54, 1.807) is 17.0 Å². The van der Waals surface area contributed by atoms with Crippen LogP contribution in [0.15, 0.2) is 24.3 Å². The maximum atomic E-state index is 12.7. The van der Waals surface area contributed by atoms with Gasteiger partial charge in [0.2, 0.25) is 0 Å². The number of phenols is 1. The fourth-order valence-electron chi connectivity index (χ4n) is 5.16. The molecule has 0 unspecified atom stereocenters. The summed E-state index contributed by atoms with van der Waals surface area (Å²) >= 11 is 0. The van der Waals surface area contributed by atoms with Gasteiger partial charge in [-0.1, -0.05) is 19.3 Å². The maximum Gasteiger partial charge on any atom is 0.317 e. The Morgan fingerprint density at radius 2 is 1.45 bits per heavy atom. The Labute approximate surface area is 185 Å². The van der Waals surface area contributed by atoms with Gasteiger partial charge in [-0.3, -0.25) is 4.79 Å². The summed E-state index contributed by atoms with van der Waals surface area (Å²) in [4.78, 5) is 31.5. The first-order chi connectivity index (χ1) is 15.1. The summed E-state index contributed by atoms with van der Waals surface area (Å²) in [6.07, 6.45) is 9.02. The van der Waals surface area contributed by atoms with Crippen molar-refractivity contribution in [2.45, 2.75) is 51.0 Å². The number of rotatable bonds is 4. The van der Waals surface area contributed by atoms with Gasteiger partial charge in [0, 0.05) is 57.4 Å². The zero-order chi connectivity index (χ0) is 21.6. The number of piperazine rings is 1. The van der Waals surface area contributed by atoms with E-state index in [4.69, 9.17) is 0 Å². The predicted molar refractivity (Wildman–Crippen MR) is 120 cm³/mol. The normalized spacial score (nSPS) is 21.8. The van der Waals surface area contributed by atoms with Crippen molar-refractivity contribution in [2.75, 3.05) is 45.8 Å². The van der Waals surface area contributed by atoms with E-state index >= 15 is 0 Å². The van der Waals surface area contributed by atoms with Gasteiger partial charge >= 0.3 is 6.03 Å². The van der Waals surface area contributed by atoms with Crippen molar-refractivity contribution < 1.29 is 14.7 Å². The van der Waals surface area contributed by atoms with Gasteiger partial charge in [-0.05, 0) is 55.9 Å². The van der Waals surface area contributed by atoms with Crippen LogP contribution in [0.5, 0.6) is 5.75 Å². The molecule has 2 saturated heterocycles. The van der Waals surface area contributed by atoms with Crippen LogP contribution < -0.4 is 5.32 Å². The van der Waals surface area contributed by atoms with Crippen LogP contribution >= 0.6 is 0 Å². The van der Waals surface area contributed by atoms with Gasteiger partial charge < -0.3 is 25.1 Å². The van der Waals surface area contributed by atoms with Crippen LogP contribution in [0.25, 0.3) is 0 Å². The quantitative estimate of drug-likeness (QED) is 0.773. The number of likely N-dealkylation sites (tertiary alicyclic amines) is 1. The Kier molecular flexibility index (Phi) is 7.33. The van der Waals surface area contributed by atoms with E-state index in [1.165, 1.54) is 50.8 Å². The van der Waals surface area contributed by atoms with Crippen molar-refractivity contribution >= 4 is 11.9 Å². The number of nitrogens with one attached hydrogen (secondary N) is 1. The molecule has 1 aromatic carbocycles. The number of carbonyl (C=O) groups excluding carboxylic acids is 2. The highest BCUT2D eigenvalue weighted by Crippen LogP contribution is 2.25. The van der Waals surface area contributed by atoms with E-state index in [0.29, 0.717) is 31.7 Å². The van der Waals surface area contributed by atoms with Crippen molar-refractivity contribution in [3.63, 3.8) is 0 Å². The third kappa shape index (κ3) is 5.91. The van der Waals surface area contributed by atoms with Crippen LogP contribution in [0.1, 0.15) is 55.3 Å². The molecule has 7 nitrogen and oxygen atoms in total. The third-order valence-electron chi connectivity index (χ3n) is 7.12. The Balaban J connectivity index is 1.16. The number of carbonyl (C=O) groups is 2. The molecule has 1 aliphatic carbocycles. The van der Waals surface area contributed by atoms with E-state index < -0.39 is 0 Å². The van der Waals surface area contributed by atoms with Crippen LogP contribution in [0.2, 0.25) is 0 Å². The Hall–Kier alpha value is -2.28. The molecular formula is C24H36N4O3. The summed E-state index contributed by atoms with van der Waals surface area (Å²) < 4.78 is 0. The summed E-state index contributed by atoms with van der Waals surface area (Å²) in [7, 11) is 0. The molecule has 2 heterocycles. The molecule has 2 N–H and O–H groups in total. The van der Waals surface area contributed by atoms with E-state index in [0.717, 1.165) is 31.8 Å². The van der Waals surface area contributed by atoms with E-state index in [9.17, 15) is 14.7 Å². The van der Waals surface area contributed by atoms with Gasteiger partial charge in [0.15, 0.2) is 0 Å². The van der Waals surface area contributed by atoms with Gasteiger partial charge in [-0.25, -0.2) is 4.79 Å². The number of amides is 3. The smallest absolute Gasteiger partial charge is 0.317 e. The summed E-state index contributed by atoms with van der Waals surface area (Å²) in [5.74, 6) is 0.976. The van der Waals surface area contributed by atoms with Gasteiger partial charge in [0.05, 0.1) is 0 Å². The summed E-state index contributed by atoms with van der Waals surface area (Å²) in [6.45, 7) is 5.57. The molecule has 7 heteroatoms. The molecule has 3 aliphatic rings. The lowest BCUT2D eigenvalue weighted by molar-refractivity contribution is 0.0660. The molecule has 0 atom stereocenters. The highest BCUT2D eigenvalue weighted by Gasteiger charge is 2.28. The Morgan fingerprint density at radius 3 is 2.10 bits per heavy atom. The summed E-state index contributed by atoms with van der Waals surface area (Å²) in [5.41, 5.74) is 0.565. The molecule has 1 saturated carbocycles. The molecule has 0 bridgehead atoms. The molecule has 170 valence electrons. The average Bonchev–Trinajstić information content (AvgIpc) is 2.81. The number of urea groups is 1. The number of piperidine rings is 1. The molecular weight excluding hydrogens is 392 g/mol. The van der Waals surface area contributed by atoms with Crippen molar-refractivity contribution in [1.82, 2.24) is 20.0 Å². The minimum absolute atomic E-state index is 0.00228. The highest BCUT2D eigenvalue weighted by atomic mass is 16.3. The van der Waals surface area contributed by atoms with Crippen LogP contribution in [0, 0.1) is 5.92 Å². The van der Waals surface area contributed by atoms with Crippen LogP contribution in [0.3, 0.4) is 0 Å². The Morgan fingerprint density at radius 1 is 0.839 bits per heavy atom. The van der Waals surface area contributed by atoms with Crippen molar-refractivity contribution in [3.05, 3.63) is 29.8 Å². The van der Waals surface area contributed by atoms with E-state index in [1.807, 2.05) is 4.90 Å². The number of hydrogen-bond donors (Lipinski definition) is 2. The number of hydrogen-bond acceptors (Lipinski definition) is 4. The number of nitrogens with zero attached hydrogens (tertiary/aromatic N) is 3. The van der Waals surface area contributed by atoms with Crippen LogP contribution in [0.4, 0.5) is 4.79 Å².